The summed E-state index contributed by atoms with van der Waals surface area (Å²) < 4.78 is 21.7. The van der Waals surface area contributed by atoms with E-state index < -0.39 is 0 Å². The van der Waals surface area contributed by atoms with Gasteiger partial charge in [0.1, 0.15) is 5.75 Å². The first-order chi connectivity index (χ1) is 16.6. The maximum absolute atomic E-state index is 12.6. The van der Waals surface area contributed by atoms with E-state index in [1.807, 2.05) is 6.07 Å². The van der Waals surface area contributed by atoms with E-state index in [9.17, 15) is 4.79 Å². The van der Waals surface area contributed by atoms with Crippen LogP contribution in [0, 0.1) is 11.8 Å². The summed E-state index contributed by atoms with van der Waals surface area (Å²) >= 11 is 0. The number of fused-ring (bicyclic) bond motifs is 5. The van der Waals surface area contributed by atoms with Crippen LogP contribution in [0.25, 0.3) is 11.1 Å². The van der Waals surface area contributed by atoms with Gasteiger partial charge in [-0.25, -0.2) is 4.79 Å². The number of carbonyl (C=O) groups excluding carboxylic acids is 1. The van der Waals surface area contributed by atoms with Crippen molar-refractivity contribution < 1.29 is 23.4 Å². The molecule has 0 bridgehead atoms. The molecule has 0 spiro atoms. The Kier molecular flexibility index (Phi) is 6.21. The Bertz CT molecular complexity index is 1120. The third kappa shape index (κ3) is 3.63. The summed E-state index contributed by atoms with van der Waals surface area (Å²) in [6, 6.07) is 6.28. The number of benzene rings is 1. The van der Waals surface area contributed by atoms with Crippen LogP contribution < -0.4 is 4.74 Å². The van der Waals surface area contributed by atoms with Gasteiger partial charge in [0, 0.05) is 40.9 Å². The van der Waals surface area contributed by atoms with Crippen LogP contribution in [0.1, 0.15) is 37.7 Å². The largest absolute Gasteiger partial charge is 0.504 e. The quantitative estimate of drug-likeness (QED) is 0.342. The molecule has 180 valence electrons. The monoisotopic (exact) mass is 464 g/mol. The number of furan rings is 1. The number of hydrogen-bond donors (Lipinski definition) is 0. The smallest absolute Gasteiger partial charge is 0.337 e. The van der Waals surface area contributed by atoms with Crippen molar-refractivity contribution in [1.29, 1.82) is 0 Å². The molecular weight excluding hydrogens is 432 g/mol. The molecule has 0 radical (unpaired) electrons. The van der Waals surface area contributed by atoms with Crippen molar-refractivity contribution in [3.8, 4) is 16.9 Å². The summed E-state index contributed by atoms with van der Waals surface area (Å²) in [5.74, 6) is 1.20. The van der Waals surface area contributed by atoms with Crippen molar-refractivity contribution in [3.05, 3.63) is 48.1 Å². The predicted molar refractivity (Wildman–Crippen MR) is 130 cm³/mol. The van der Waals surface area contributed by atoms with Crippen LogP contribution in [0.4, 0.5) is 5.69 Å². The van der Waals surface area contributed by atoms with E-state index in [1.165, 1.54) is 18.4 Å². The van der Waals surface area contributed by atoms with Gasteiger partial charge in [0.15, 0.2) is 0 Å². The molecule has 5 rings (SSSR count). The molecule has 4 heterocycles. The highest BCUT2D eigenvalue weighted by Gasteiger charge is 2.47. The SMILES string of the molecule is CCC1CN2CCC3C(=Nc4ccc(-c5ccoc5)c(OC)c43)C2C[C@@H]1/C(=C\OC)C(=O)OC. The highest BCUT2D eigenvalue weighted by Crippen LogP contribution is 2.52. The van der Waals surface area contributed by atoms with E-state index in [1.54, 1.807) is 33.0 Å². The highest BCUT2D eigenvalue weighted by molar-refractivity contribution is 6.04. The summed E-state index contributed by atoms with van der Waals surface area (Å²) in [5, 5.41) is 0. The van der Waals surface area contributed by atoms with Crippen molar-refractivity contribution in [3.63, 3.8) is 0 Å². The van der Waals surface area contributed by atoms with Crippen LogP contribution in [0.5, 0.6) is 5.75 Å². The molecule has 0 aliphatic carbocycles. The number of hydrogen-bond acceptors (Lipinski definition) is 7. The number of methoxy groups -OCH3 is 3. The Balaban J connectivity index is 1.50. The minimum atomic E-state index is -0.311. The van der Waals surface area contributed by atoms with Crippen molar-refractivity contribution in [2.24, 2.45) is 16.8 Å². The molecule has 2 fully saturated rings. The third-order valence-electron chi connectivity index (χ3n) is 7.76. The van der Waals surface area contributed by atoms with Gasteiger partial charge in [-0.2, -0.15) is 0 Å². The molecule has 1 aromatic heterocycles. The summed E-state index contributed by atoms with van der Waals surface area (Å²) in [6.45, 7) is 4.12. The summed E-state index contributed by atoms with van der Waals surface area (Å²) in [6.07, 6.45) is 7.82. The second-order valence-electron chi connectivity index (χ2n) is 9.29. The standard InChI is InChI=1S/C27H32N2O5/c1-5-16-13-29-10-8-19-24-22(7-6-18(26(24)32-3)17-9-11-34-14-17)28-25(19)23(29)12-20(16)21(15-31-2)27(30)33-4/h6-7,9,11,14-16,19-20,23H,5,8,10,12-13H2,1-4H3/b21-15+/t16?,19?,20-,23?/m0/s1. The molecule has 4 atom stereocenters. The molecule has 7 nitrogen and oxygen atoms in total. The lowest BCUT2D eigenvalue weighted by Gasteiger charge is -2.48. The Morgan fingerprint density at radius 1 is 1.26 bits per heavy atom. The zero-order chi connectivity index (χ0) is 23.8. The number of rotatable bonds is 6. The number of esters is 1. The zero-order valence-corrected chi connectivity index (χ0v) is 20.2. The van der Waals surface area contributed by atoms with Gasteiger partial charge < -0.3 is 18.6 Å². The van der Waals surface area contributed by atoms with Gasteiger partial charge in [0.05, 0.1) is 51.4 Å². The lowest BCUT2D eigenvalue weighted by atomic mass is 9.71. The lowest BCUT2D eigenvalue weighted by Crippen LogP contribution is -2.55. The summed E-state index contributed by atoms with van der Waals surface area (Å²) in [7, 11) is 4.74. The van der Waals surface area contributed by atoms with Crippen LogP contribution >= 0.6 is 0 Å². The molecule has 0 N–H and O–H groups in total. The number of ether oxygens (including phenoxy) is 3. The van der Waals surface area contributed by atoms with Crippen LogP contribution in [0.2, 0.25) is 0 Å². The van der Waals surface area contributed by atoms with Gasteiger partial charge in [-0.15, -0.1) is 0 Å². The fourth-order valence-corrected chi connectivity index (χ4v) is 6.17. The van der Waals surface area contributed by atoms with Gasteiger partial charge in [-0.1, -0.05) is 13.3 Å². The maximum Gasteiger partial charge on any atom is 0.337 e. The van der Waals surface area contributed by atoms with Crippen molar-refractivity contribution in [2.45, 2.75) is 38.1 Å². The second-order valence-corrected chi connectivity index (χ2v) is 9.29. The Labute approximate surface area is 200 Å². The van der Waals surface area contributed by atoms with Gasteiger partial charge >= 0.3 is 5.97 Å². The van der Waals surface area contributed by atoms with Crippen LogP contribution in [-0.4, -0.2) is 57.0 Å². The predicted octanol–water partition coefficient (Wildman–Crippen LogP) is 4.95. The molecule has 3 aliphatic rings. The molecule has 2 saturated heterocycles. The first-order valence-electron chi connectivity index (χ1n) is 12.0. The van der Waals surface area contributed by atoms with Crippen LogP contribution in [0.3, 0.4) is 0 Å². The first kappa shape index (κ1) is 22.7. The first-order valence-corrected chi connectivity index (χ1v) is 12.0. The van der Waals surface area contributed by atoms with Crippen molar-refractivity contribution >= 4 is 17.4 Å². The molecule has 2 aromatic rings. The Hall–Kier alpha value is -3.06. The number of piperidine rings is 2. The number of aliphatic imine (C=N–C) groups is 1. The Morgan fingerprint density at radius 2 is 2.12 bits per heavy atom. The molecule has 3 aliphatic heterocycles. The van der Waals surface area contributed by atoms with E-state index in [2.05, 4.69) is 24.0 Å². The van der Waals surface area contributed by atoms with Crippen LogP contribution in [0.15, 0.2) is 52.0 Å². The van der Waals surface area contributed by atoms with E-state index in [0.29, 0.717) is 11.5 Å². The topological polar surface area (TPSA) is 73.5 Å². The molecule has 7 heteroatoms. The minimum absolute atomic E-state index is 0.0622. The normalized spacial score (nSPS) is 26.2. The number of carbonyl (C=O) groups is 1. The van der Waals surface area contributed by atoms with E-state index in [4.69, 9.17) is 23.6 Å². The van der Waals surface area contributed by atoms with Crippen LogP contribution in [-0.2, 0) is 14.3 Å². The van der Waals surface area contributed by atoms with Gasteiger partial charge in [-0.3, -0.25) is 9.89 Å². The van der Waals surface area contributed by atoms with Gasteiger partial charge in [0.25, 0.3) is 0 Å². The summed E-state index contributed by atoms with van der Waals surface area (Å²) in [4.78, 5) is 20.3. The second kappa shape index (κ2) is 9.29. The van der Waals surface area contributed by atoms with Crippen molar-refractivity contribution in [2.75, 3.05) is 34.4 Å². The molecule has 0 saturated carbocycles. The molecule has 0 amide bonds. The maximum atomic E-state index is 12.6. The van der Waals surface area contributed by atoms with E-state index >= 15 is 0 Å². The average molecular weight is 465 g/mol. The Morgan fingerprint density at radius 3 is 2.79 bits per heavy atom. The van der Waals surface area contributed by atoms with Gasteiger partial charge in [0.2, 0.25) is 0 Å². The fourth-order valence-electron chi connectivity index (χ4n) is 6.17. The van der Waals surface area contributed by atoms with Gasteiger partial charge in [-0.05, 0) is 49.4 Å². The molecule has 3 unspecified atom stereocenters. The minimum Gasteiger partial charge on any atom is -0.504 e. The third-order valence-corrected chi connectivity index (χ3v) is 7.76. The molecular formula is C27H32N2O5. The summed E-state index contributed by atoms with van der Waals surface area (Å²) in [5.41, 5.74) is 5.99. The van der Waals surface area contributed by atoms with E-state index in [-0.39, 0.29) is 23.8 Å². The lowest BCUT2D eigenvalue weighted by molar-refractivity contribution is -0.137. The molecule has 1 aromatic carbocycles. The highest BCUT2D eigenvalue weighted by atomic mass is 16.5. The molecule has 34 heavy (non-hydrogen) atoms. The fraction of sp³-hybridized carbons (Fsp3) is 0.481. The zero-order valence-electron chi connectivity index (χ0n) is 20.2. The average Bonchev–Trinajstić information content (AvgIpc) is 3.53. The van der Waals surface area contributed by atoms with Crippen molar-refractivity contribution in [1.82, 2.24) is 4.90 Å². The van der Waals surface area contributed by atoms with E-state index in [0.717, 1.165) is 54.9 Å². The number of nitrogens with zero attached hydrogens (tertiary/aromatic N) is 2.